The number of amides is 1. The number of ether oxygens (including phenoxy) is 1. The lowest BCUT2D eigenvalue weighted by atomic mass is 10.0. The zero-order chi connectivity index (χ0) is 25.2. The van der Waals surface area contributed by atoms with Gasteiger partial charge in [-0.15, -0.1) is 0 Å². The van der Waals surface area contributed by atoms with E-state index in [2.05, 4.69) is 10.5 Å². The van der Waals surface area contributed by atoms with Gasteiger partial charge in [-0.25, -0.2) is 9.18 Å². The lowest BCUT2D eigenvalue weighted by Gasteiger charge is -2.16. The summed E-state index contributed by atoms with van der Waals surface area (Å²) in [6.45, 7) is 0. The van der Waals surface area contributed by atoms with Crippen molar-refractivity contribution in [2.24, 2.45) is 5.10 Å². The summed E-state index contributed by atoms with van der Waals surface area (Å²) >= 11 is 0. The molecular weight excluding hydrogens is 465 g/mol. The molecule has 1 heterocycles. The second kappa shape index (κ2) is 9.22. The molecule has 0 saturated carbocycles. The molecule has 0 unspecified atom stereocenters. The molecular formula is C27H18FN3O5. The SMILES string of the molecule is O=C(O)Oc1cccc(-c2cccc(NN=C3C(=O)N(c4ccc(F)cc4)c4ccccc43)c2O)c1. The van der Waals surface area contributed by atoms with Crippen molar-refractivity contribution in [3.05, 3.63) is 102 Å². The highest BCUT2D eigenvalue weighted by Crippen LogP contribution is 2.38. The Morgan fingerprint density at radius 2 is 1.64 bits per heavy atom. The molecule has 0 spiro atoms. The number of anilines is 3. The number of nitrogens with zero attached hydrogens (tertiary/aromatic N) is 2. The number of hydrogen-bond donors (Lipinski definition) is 3. The third-order valence-electron chi connectivity index (χ3n) is 5.56. The molecule has 0 aliphatic carbocycles. The molecule has 1 amide bonds. The van der Waals surface area contributed by atoms with E-state index in [1.54, 1.807) is 54.6 Å². The van der Waals surface area contributed by atoms with Crippen LogP contribution < -0.4 is 15.1 Å². The predicted molar refractivity (Wildman–Crippen MR) is 132 cm³/mol. The van der Waals surface area contributed by atoms with E-state index in [4.69, 9.17) is 9.84 Å². The number of halogens is 1. The fourth-order valence-electron chi connectivity index (χ4n) is 3.96. The van der Waals surface area contributed by atoms with Gasteiger partial charge in [0.15, 0.2) is 5.71 Å². The van der Waals surface area contributed by atoms with Crippen molar-refractivity contribution >= 4 is 34.8 Å². The number of rotatable bonds is 5. The number of hydrazone groups is 1. The number of phenols is 1. The maximum atomic E-state index is 13.4. The number of fused-ring (bicyclic) bond motifs is 1. The van der Waals surface area contributed by atoms with Gasteiger partial charge in [0.25, 0.3) is 5.91 Å². The molecule has 36 heavy (non-hydrogen) atoms. The van der Waals surface area contributed by atoms with E-state index in [1.165, 1.54) is 41.3 Å². The molecule has 1 aliphatic heterocycles. The van der Waals surface area contributed by atoms with Crippen molar-refractivity contribution in [3.63, 3.8) is 0 Å². The summed E-state index contributed by atoms with van der Waals surface area (Å²) in [5.74, 6) is -0.871. The number of benzene rings is 4. The van der Waals surface area contributed by atoms with Crippen LogP contribution in [0.1, 0.15) is 5.56 Å². The smallest absolute Gasteiger partial charge is 0.505 e. The standard InChI is InChI=1S/C27H18FN3O5/c28-17-11-13-18(14-12-17)31-23-10-2-1-7-21(23)24(26(31)33)30-29-22-9-4-8-20(25(22)32)16-5-3-6-19(15-16)36-27(34)35/h1-15,29,32H,(H,34,35). The molecule has 0 atom stereocenters. The fourth-order valence-corrected chi connectivity index (χ4v) is 3.96. The summed E-state index contributed by atoms with van der Waals surface area (Å²) in [4.78, 5) is 25.6. The summed E-state index contributed by atoms with van der Waals surface area (Å²) in [6.07, 6.45) is -1.45. The van der Waals surface area contributed by atoms with Crippen molar-refractivity contribution in [2.75, 3.05) is 10.3 Å². The molecule has 0 aromatic heterocycles. The molecule has 3 N–H and O–H groups in total. The van der Waals surface area contributed by atoms with E-state index in [0.717, 1.165) is 0 Å². The van der Waals surface area contributed by atoms with Gasteiger partial charge in [-0.2, -0.15) is 5.10 Å². The third kappa shape index (κ3) is 4.21. The number of para-hydroxylation sites is 2. The molecule has 5 rings (SSSR count). The van der Waals surface area contributed by atoms with Crippen LogP contribution in [0.5, 0.6) is 11.5 Å². The average Bonchev–Trinajstić information content (AvgIpc) is 3.15. The normalized spacial score (nSPS) is 13.5. The topological polar surface area (TPSA) is 111 Å². The van der Waals surface area contributed by atoms with Crippen LogP contribution in [0.15, 0.2) is 96.1 Å². The minimum atomic E-state index is -1.45. The van der Waals surface area contributed by atoms with Crippen LogP contribution in [0.25, 0.3) is 11.1 Å². The number of hydrogen-bond acceptors (Lipinski definition) is 6. The molecule has 0 bridgehead atoms. The molecule has 1 aliphatic rings. The van der Waals surface area contributed by atoms with Crippen LogP contribution in [-0.4, -0.2) is 28.0 Å². The van der Waals surface area contributed by atoms with Crippen molar-refractivity contribution in [1.29, 1.82) is 0 Å². The molecule has 178 valence electrons. The predicted octanol–water partition coefficient (Wildman–Crippen LogP) is 5.75. The van der Waals surface area contributed by atoms with Gasteiger partial charge in [-0.3, -0.25) is 15.1 Å². The van der Waals surface area contributed by atoms with Crippen molar-refractivity contribution in [3.8, 4) is 22.6 Å². The number of carbonyl (C=O) groups excluding carboxylic acids is 1. The van der Waals surface area contributed by atoms with E-state index in [0.29, 0.717) is 28.1 Å². The van der Waals surface area contributed by atoms with Crippen LogP contribution >= 0.6 is 0 Å². The Morgan fingerprint density at radius 1 is 0.917 bits per heavy atom. The fraction of sp³-hybridized carbons (Fsp3) is 0. The summed E-state index contributed by atoms with van der Waals surface area (Å²) in [5, 5.41) is 24.0. The van der Waals surface area contributed by atoms with Crippen molar-refractivity contribution < 1.29 is 28.9 Å². The van der Waals surface area contributed by atoms with Crippen LogP contribution in [0.4, 0.5) is 26.2 Å². The summed E-state index contributed by atoms with van der Waals surface area (Å²) < 4.78 is 18.1. The highest BCUT2D eigenvalue weighted by Gasteiger charge is 2.35. The Kier molecular flexibility index (Phi) is 5.79. The lowest BCUT2D eigenvalue weighted by molar-refractivity contribution is -0.111. The zero-order valence-corrected chi connectivity index (χ0v) is 18.6. The van der Waals surface area contributed by atoms with Crippen LogP contribution in [0, 0.1) is 5.82 Å². The molecule has 0 saturated heterocycles. The highest BCUT2D eigenvalue weighted by molar-refractivity contribution is 6.55. The second-order valence-electron chi connectivity index (χ2n) is 7.80. The van der Waals surface area contributed by atoms with Crippen molar-refractivity contribution in [1.82, 2.24) is 0 Å². The summed E-state index contributed by atoms with van der Waals surface area (Å²) in [5.41, 5.74) is 5.72. The minimum Gasteiger partial charge on any atom is -0.505 e. The highest BCUT2D eigenvalue weighted by atomic mass is 19.1. The number of phenolic OH excluding ortho intramolecular Hbond substituents is 1. The monoisotopic (exact) mass is 483 g/mol. The molecule has 4 aromatic rings. The van der Waals surface area contributed by atoms with E-state index in [-0.39, 0.29) is 22.9 Å². The Bertz CT molecular complexity index is 1520. The number of aromatic hydroxyl groups is 1. The third-order valence-corrected chi connectivity index (χ3v) is 5.56. The van der Waals surface area contributed by atoms with E-state index < -0.39 is 17.9 Å². The Balaban J connectivity index is 1.48. The first kappa shape index (κ1) is 22.6. The Labute approximate surface area is 204 Å². The van der Waals surface area contributed by atoms with Crippen molar-refractivity contribution in [2.45, 2.75) is 0 Å². The van der Waals surface area contributed by atoms with E-state index in [9.17, 15) is 19.1 Å². The van der Waals surface area contributed by atoms with Gasteiger partial charge in [0.1, 0.15) is 17.3 Å². The lowest BCUT2D eigenvalue weighted by Crippen LogP contribution is -2.26. The van der Waals surface area contributed by atoms with Gasteiger partial charge in [0, 0.05) is 16.8 Å². The molecule has 4 aromatic carbocycles. The van der Waals surface area contributed by atoms with Gasteiger partial charge in [0.2, 0.25) is 0 Å². The van der Waals surface area contributed by atoms with Gasteiger partial charge in [-0.05, 0) is 54.1 Å². The Hall–Kier alpha value is -5.18. The Morgan fingerprint density at radius 3 is 2.42 bits per heavy atom. The largest absolute Gasteiger partial charge is 0.511 e. The van der Waals surface area contributed by atoms with E-state index in [1.807, 2.05) is 0 Å². The first-order valence-electron chi connectivity index (χ1n) is 10.8. The number of carbonyl (C=O) groups is 2. The maximum Gasteiger partial charge on any atom is 0.511 e. The summed E-state index contributed by atoms with van der Waals surface area (Å²) in [7, 11) is 0. The number of nitrogens with one attached hydrogen (secondary N) is 1. The zero-order valence-electron chi connectivity index (χ0n) is 18.6. The first-order chi connectivity index (χ1) is 17.4. The second-order valence-corrected chi connectivity index (χ2v) is 7.80. The van der Waals surface area contributed by atoms with E-state index >= 15 is 0 Å². The quantitative estimate of drug-likeness (QED) is 0.144. The first-order valence-corrected chi connectivity index (χ1v) is 10.8. The number of carboxylic acid groups (broad SMARTS) is 1. The average molecular weight is 483 g/mol. The molecule has 0 fully saturated rings. The maximum absolute atomic E-state index is 13.4. The molecule has 9 heteroatoms. The van der Waals surface area contributed by atoms with Gasteiger partial charge >= 0.3 is 6.16 Å². The minimum absolute atomic E-state index is 0.104. The van der Waals surface area contributed by atoms with Crippen LogP contribution in [0.2, 0.25) is 0 Å². The van der Waals surface area contributed by atoms with Crippen LogP contribution in [0.3, 0.4) is 0 Å². The van der Waals surface area contributed by atoms with Gasteiger partial charge < -0.3 is 14.9 Å². The van der Waals surface area contributed by atoms with Gasteiger partial charge in [-0.1, -0.05) is 42.5 Å². The molecule has 0 radical (unpaired) electrons. The van der Waals surface area contributed by atoms with Crippen LogP contribution in [-0.2, 0) is 4.79 Å². The summed E-state index contributed by atoms with van der Waals surface area (Å²) in [6, 6.07) is 23.8. The van der Waals surface area contributed by atoms with Gasteiger partial charge in [0.05, 0.1) is 11.4 Å². The molecule has 8 nitrogen and oxygen atoms in total.